The lowest BCUT2D eigenvalue weighted by molar-refractivity contribution is 0.500. The molecule has 170 valence electrons. The number of hydrogen-bond acceptors (Lipinski definition) is 3. The van der Waals surface area contributed by atoms with Gasteiger partial charge >= 0.3 is 0 Å². The van der Waals surface area contributed by atoms with E-state index in [0.717, 1.165) is 23.5 Å². The van der Waals surface area contributed by atoms with E-state index >= 15 is 0 Å². The zero-order valence-corrected chi connectivity index (χ0v) is 21.2. The Bertz CT molecular complexity index is 1690. The number of hydrogen-bond donors (Lipinski definition) is 0. The Morgan fingerprint density at radius 2 is 1.74 bits per heavy atom. The molecule has 3 heterocycles. The summed E-state index contributed by atoms with van der Waals surface area (Å²) in [5.74, 6) is 1.63. The molecule has 6 aromatic rings. The summed E-state index contributed by atoms with van der Waals surface area (Å²) in [7, 11) is 0. The molecular formula is C31H29NOS. The van der Waals surface area contributed by atoms with E-state index in [1.54, 1.807) is 0 Å². The van der Waals surface area contributed by atoms with Crippen molar-refractivity contribution in [3.63, 3.8) is 0 Å². The number of pyridine rings is 1. The second kappa shape index (κ2) is 7.68. The molecule has 0 aliphatic heterocycles. The van der Waals surface area contributed by atoms with E-state index in [4.69, 9.17) is 9.40 Å². The highest BCUT2D eigenvalue weighted by Crippen LogP contribution is 2.44. The Balaban J connectivity index is 1.63. The maximum atomic E-state index is 6.21. The summed E-state index contributed by atoms with van der Waals surface area (Å²) in [4.78, 5) is 4.91. The van der Waals surface area contributed by atoms with Crippen LogP contribution in [0.15, 0.2) is 71.3 Å². The molecule has 0 bridgehead atoms. The first-order valence-electron chi connectivity index (χ1n) is 12.1. The lowest BCUT2D eigenvalue weighted by atomic mass is 9.82. The highest BCUT2D eigenvalue weighted by molar-refractivity contribution is 7.26. The van der Waals surface area contributed by atoms with Gasteiger partial charge in [0.2, 0.25) is 0 Å². The molecule has 0 spiro atoms. The number of benzene rings is 3. The van der Waals surface area contributed by atoms with E-state index in [1.807, 2.05) is 17.5 Å². The standard InChI is InChI=1S/C31H29NOS/c1-18(2)14-21-17-24-26(33-21)10-11-27-28(24)23-12-13-32-29(30(23)34-27)20-15-19-8-6-7-9-22(19)25(16-20)31(3,4)5/h6-13,15-18H,14H2,1-5H3. The summed E-state index contributed by atoms with van der Waals surface area (Å²) in [5, 5.41) is 6.35. The number of nitrogens with zero attached hydrogens (tertiary/aromatic N) is 1. The van der Waals surface area contributed by atoms with Gasteiger partial charge in [-0.2, -0.15) is 0 Å². The molecule has 2 nitrogen and oxygen atoms in total. The maximum Gasteiger partial charge on any atom is 0.134 e. The lowest BCUT2D eigenvalue weighted by Gasteiger charge is -2.22. The molecule has 0 N–H and O–H groups in total. The van der Waals surface area contributed by atoms with E-state index in [1.165, 1.54) is 47.5 Å². The largest absolute Gasteiger partial charge is 0.461 e. The van der Waals surface area contributed by atoms with E-state index in [0.29, 0.717) is 5.92 Å². The smallest absolute Gasteiger partial charge is 0.134 e. The molecule has 0 aliphatic rings. The van der Waals surface area contributed by atoms with Gasteiger partial charge in [-0.05, 0) is 64.1 Å². The molecule has 6 rings (SSSR count). The topological polar surface area (TPSA) is 26.0 Å². The molecule has 3 aromatic heterocycles. The first kappa shape index (κ1) is 21.4. The Morgan fingerprint density at radius 1 is 0.912 bits per heavy atom. The number of furan rings is 1. The molecule has 0 fully saturated rings. The molecule has 0 saturated carbocycles. The van der Waals surface area contributed by atoms with Gasteiger partial charge in [-0.3, -0.25) is 4.98 Å². The van der Waals surface area contributed by atoms with Crippen LogP contribution in [-0.4, -0.2) is 4.98 Å². The lowest BCUT2D eigenvalue weighted by Crippen LogP contribution is -2.12. The van der Waals surface area contributed by atoms with Crippen molar-refractivity contribution >= 4 is 53.3 Å². The van der Waals surface area contributed by atoms with Crippen LogP contribution < -0.4 is 0 Å². The number of aromatic nitrogens is 1. The summed E-state index contributed by atoms with van der Waals surface area (Å²) in [6.07, 6.45) is 2.92. The van der Waals surface area contributed by atoms with Crippen LogP contribution >= 0.6 is 11.3 Å². The van der Waals surface area contributed by atoms with Crippen LogP contribution in [0.2, 0.25) is 0 Å². The first-order chi connectivity index (χ1) is 16.3. The monoisotopic (exact) mass is 463 g/mol. The molecule has 0 aliphatic carbocycles. The average Bonchev–Trinajstić information content (AvgIpc) is 3.37. The fourth-order valence-electron chi connectivity index (χ4n) is 5.14. The van der Waals surface area contributed by atoms with Crippen molar-refractivity contribution in [1.29, 1.82) is 0 Å². The molecule has 0 amide bonds. The molecule has 0 unspecified atom stereocenters. The summed E-state index contributed by atoms with van der Waals surface area (Å²) in [6, 6.07) is 22.1. The van der Waals surface area contributed by atoms with Crippen molar-refractivity contribution in [3.8, 4) is 11.3 Å². The van der Waals surface area contributed by atoms with E-state index in [2.05, 4.69) is 95.3 Å². The van der Waals surface area contributed by atoms with E-state index < -0.39 is 0 Å². The highest BCUT2D eigenvalue weighted by atomic mass is 32.1. The summed E-state index contributed by atoms with van der Waals surface area (Å²) >= 11 is 1.84. The predicted octanol–water partition coefficient (Wildman–Crippen LogP) is 9.51. The molecule has 3 heteroatoms. The van der Waals surface area contributed by atoms with Crippen LogP contribution in [-0.2, 0) is 11.8 Å². The second-order valence-corrected chi connectivity index (χ2v) is 11.8. The van der Waals surface area contributed by atoms with Crippen molar-refractivity contribution in [1.82, 2.24) is 4.98 Å². The second-order valence-electron chi connectivity index (χ2n) is 10.8. The van der Waals surface area contributed by atoms with Gasteiger partial charge in [0, 0.05) is 39.0 Å². The zero-order chi connectivity index (χ0) is 23.6. The van der Waals surface area contributed by atoms with E-state index in [-0.39, 0.29) is 5.41 Å². The van der Waals surface area contributed by atoms with Gasteiger partial charge in [-0.1, -0.05) is 58.9 Å². The van der Waals surface area contributed by atoms with Gasteiger partial charge in [-0.25, -0.2) is 0 Å². The minimum Gasteiger partial charge on any atom is -0.461 e. The van der Waals surface area contributed by atoms with E-state index in [9.17, 15) is 0 Å². The van der Waals surface area contributed by atoms with Gasteiger partial charge < -0.3 is 4.42 Å². The fourth-order valence-corrected chi connectivity index (χ4v) is 6.37. The van der Waals surface area contributed by atoms with Gasteiger partial charge in [0.25, 0.3) is 0 Å². The predicted molar refractivity (Wildman–Crippen MR) is 147 cm³/mol. The van der Waals surface area contributed by atoms with Crippen molar-refractivity contribution < 1.29 is 4.42 Å². The minimum atomic E-state index is 0.0411. The molecule has 0 atom stereocenters. The van der Waals surface area contributed by atoms with Crippen molar-refractivity contribution in [3.05, 3.63) is 78.2 Å². The van der Waals surface area contributed by atoms with Gasteiger partial charge in [-0.15, -0.1) is 11.3 Å². The quantitative estimate of drug-likeness (QED) is 0.261. The summed E-state index contributed by atoms with van der Waals surface area (Å²) in [6.45, 7) is 11.3. The van der Waals surface area contributed by atoms with Crippen molar-refractivity contribution in [2.45, 2.75) is 46.5 Å². The zero-order valence-electron chi connectivity index (χ0n) is 20.4. The fraction of sp³-hybridized carbons (Fsp3) is 0.258. The van der Waals surface area contributed by atoms with Gasteiger partial charge in [0.05, 0.1) is 10.4 Å². The first-order valence-corrected chi connectivity index (χ1v) is 12.9. The number of fused-ring (bicyclic) bond motifs is 6. The van der Waals surface area contributed by atoms with Crippen LogP contribution in [0.5, 0.6) is 0 Å². The number of thiophene rings is 1. The molecular weight excluding hydrogens is 434 g/mol. The van der Waals surface area contributed by atoms with Crippen molar-refractivity contribution in [2.24, 2.45) is 5.92 Å². The average molecular weight is 464 g/mol. The Morgan fingerprint density at radius 3 is 2.53 bits per heavy atom. The van der Waals surface area contributed by atoms with Crippen LogP contribution in [0.3, 0.4) is 0 Å². The van der Waals surface area contributed by atoms with Gasteiger partial charge in [0.15, 0.2) is 0 Å². The van der Waals surface area contributed by atoms with Crippen LogP contribution in [0.1, 0.15) is 45.9 Å². The van der Waals surface area contributed by atoms with Crippen LogP contribution in [0, 0.1) is 5.92 Å². The minimum absolute atomic E-state index is 0.0411. The van der Waals surface area contributed by atoms with Gasteiger partial charge in [0.1, 0.15) is 11.3 Å². The SMILES string of the molecule is CC(C)Cc1cc2c(ccc3sc4c(-c5cc(C(C)(C)C)c6ccccc6c5)nccc4c32)o1. The summed E-state index contributed by atoms with van der Waals surface area (Å²) in [5.41, 5.74) is 4.62. The molecule has 3 aromatic carbocycles. The maximum absolute atomic E-state index is 6.21. The highest BCUT2D eigenvalue weighted by Gasteiger charge is 2.21. The normalized spacial score (nSPS) is 12.6. The molecule has 0 saturated heterocycles. The van der Waals surface area contributed by atoms with Crippen LogP contribution in [0.4, 0.5) is 0 Å². The number of rotatable bonds is 3. The Labute approximate surface area is 204 Å². The Hall–Kier alpha value is -3.17. The third kappa shape index (κ3) is 3.42. The Kier molecular flexibility index (Phi) is 4.82. The summed E-state index contributed by atoms with van der Waals surface area (Å²) < 4.78 is 8.74. The molecule has 34 heavy (non-hydrogen) atoms. The third-order valence-electron chi connectivity index (χ3n) is 6.65. The van der Waals surface area contributed by atoms with Crippen LogP contribution in [0.25, 0.3) is 53.2 Å². The van der Waals surface area contributed by atoms with Crippen molar-refractivity contribution in [2.75, 3.05) is 0 Å². The molecule has 0 radical (unpaired) electrons. The third-order valence-corrected chi connectivity index (χ3v) is 7.83.